The molecule has 0 atom stereocenters. The van der Waals surface area contributed by atoms with Crippen molar-refractivity contribution in [1.82, 2.24) is 5.32 Å². The van der Waals surface area contributed by atoms with Crippen LogP contribution in [0.25, 0.3) is 0 Å². The van der Waals surface area contributed by atoms with Crippen molar-refractivity contribution in [3.63, 3.8) is 0 Å². The first-order valence-corrected chi connectivity index (χ1v) is 7.44. The summed E-state index contributed by atoms with van der Waals surface area (Å²) >= 11 is 0. The molecule has 0 amide bonds. The van der Waals surface area contributed by atoms with Crippen LogP contribution in [0.3, 0.4) is 0 Å². The van der Waals surface area contributed by atoms with Gasteiger partial charge in [-0.1, -0.05) is 52.0 Å². The van der Waals surface area contributed by atoms with Crippen LogP contribution < -0.4 is 5.32 Å². The van der Waals surface area contributed by atoms with Crippen molar-refractivity contribution in [3.05, 3.63) is 35.4 Å². The Bertz CT molecular complexity index is 330. The van der Waals surface area contributed by atoms with Gasteiger partial charge in [0.1, 0.15) is 0 Å². The Kier molecular flexibility index (Phi) is 7.76. The Morgan fingerprint density at radius 1 is 0.947 bits per heavy atom. The molecule has 0 fully saturated rings. The maximum Gasteiger partial charge on any atom is 0.0717 e. The van der Waals surface area contributed by atoms with E-state index in [1.54, 1.807) is 0 Å². The van der Waals surface area contributed by atoms with E-state index >= 15 is 0 Å². The second-order valence-corrected chi connectivity index (χ2v) is 6.07. The number of hydrogen-bond acceptors (Lipinski definition) is 2. The summed E-state index contributed by atoms with van der Waals surface area (Å²) in [6.07, 6.45) is 1.10. The molecular formula is C17H29NO. The fraction of sp³-hybridized carbons (Fsp3) is 0.647. The summed E-state index contributed by atoms with van der Waals surface area (Å²) in [7, 11) is 0. The first-order chi connectivity index (χ1) is 9.08. The highest BCUT2D eigenvalue weighted by Gasteiger charge is 1.98. The number of benzene rings is 1. The Labute approximate surface area is 118 Å². The van der Waals surface area contributed by atoms with E-state index in [0.717, 1.165) is 38.6 Å². The van der Waals surface area contributed by atoms with Gasteiger partial charge in [-0.2, -0.15) is 0 Å². The average Bonchev–Trinajstić information content (AvgIpc) is 2.36. The molecule has 1 aromatic carbocycles. The van der Waals surface area contributed by atoms with Crippen molar-refractivity contribution < 1.29 is 4.74 Å². The maximum absolute atomic E-state index is 5.63. The van der Waals surface area contributed by atoms with E-state index < -0.39 is 0 Å². The van der Waals surface area contributed by atoms with Gasteiger partial charge >= 0.3 is 0 Å². The van der Waals surface area contributed by atoms with Crippen molar-refractivity contribution >= 4 is 0 Å². The molecule has 0 aromatic heterocycles. The van der Waals surface area contributed by atoms with E-state index in [2.05, 4.69) is 57.3 Å². The molecule has 0 saturated heterocycles. The van der Waals surface area contributed by atoms with Gasteiger partial charge in [0.2, 0.25) is 0 Å². The van der Waals surface area contributed by atoms with E-state index in [0.29, 0.717) is 5.92 Å². The molecule has 0 saturated carbocycles. The largest absolute Gasteiger partial charge is 0.377 e. The zero-order valence-corrected chi connectivity index (χ0v) is 12.9. The summed E-state index contributed by atoms with van der Waals surface area (Å²) < 4.78 is 5.63. The Morgan fingerprint density at radius 2 is 1.58 bits per heavy atom. The highest BCUT2D eigenvalue weighted by Crippen LogP contribution is 2.07. The number of hydrogen-bond donors (Lipinski definition) is 1. The van der Waals surface area contributed by atoms with Gasteiger partial charge in [0.15, 0.2) is 0 Å². The molecule has 2 heteroatoms. The van der Waals surface area contributed by atoms with Crippen molar-refractivity contribution in [1.29, 1.82) is 0 Å². The van der Waals surface area contributed by atoms with Gasteiger partial charge in [0.05, 0.1) is 6.61 Å². The standard InChI is InChI=1S/C17H29NO/c1-14(2)11-18-10-9-16-5-7-17(8-6-16)13-19-12-15(3)4/h5-8,14-15,18H,9-13H2,1-4H3. The van der Waals surface area contributed by atoms with Gasteiger partial charge < -0.3 is 10.1 Å². The van der Waals surface area contributed by atoms with Crippen molar-refractivity contribution in [2.75, 3.05) is 19.7 Å². The third-order valence-corrected chi connectivity index (χ3v) is 2.89. The molecule has 1 aromatic rings. The Balaban J connectivity index is 2.23. The van der Waals surface area contributed by atoms with E-state index in [-0.39, 0.29) is 0 Å². The van der Waals surface area contributed by atoms with Crippen LogP contribution in [0.4, 0.5) is 0 Å². The van der Waals surface area contributed by atoms with Gasteiger partial charge in [-0.05, 0) is 42.5 Å². The topological polar surface area (TPSA) is 21.3 Å². The van der Waals surface area contributed by atoms with Crippen LogP contribution in [-0.4, -0.2) is 19.7 Å². The first kappa shape index (κ1) is 16.2. The summed E-state index contributed by atoms with van der Waals surface area (Å²) in [6, 6.07) is 8.78. The lowest BCUT2D eigenvalue weighted by Crippen LogP contribution is -2.22. The zero-order valence-electron chi connectivity index (χ0n) is 12.9. The molecule has 0 bridgehead atoms. The molecule has 0 aliphatic carbocycles. The van der Waals surface area contributed by atoms with Crippen LogP contribution in [-0.2, 0) is 17.8 Å². The lowest BCUT2D eigenvalue weighted by atomic mass is 10.1. The molecule has 0 spiro atoms. The van der Waals surface area contributed by atoms with Crippen LogP contribution in [0.5, 0.6) is 0 Å². The zero-order chi connectivity index (χ0) is 14.1. The normalized spacial score (nSPS) is 11.5. The summed E-state index contributed by atoms with van der Waals surface area (Å²) in [6.45, 7) is 12.5. The summed E-state index contributed by atoms with van der Waals surface area (Å²) in [5.41, 5.74) is 2.66. The Hall–Kier alpha value is -0.860. The number of ether oxygens (including phenoxy) is 1. The van der Waals surface area contributed by atoms with E-state index in [4.69, 9.17) is 4.74 Å². The van der Waals surface area contributed by atoms with Crippen LogP contribution >= 0.6 is 0 Å². The molecule has 0 unspecified atom stereocenters. The maximum atomic E-state index is 5.63. The third kappa shape index (κ3) is 8.02. The van der Waals surface area contributed by atoms with Gasteiger partial charge in [-0.15, -0.1) is 0 Å². The van der Waals surface area contributed by atoms with Crippen LogP contribution in [0, 0.1) is 11.8 Å². The summed E-state index contributed by atoms with van der Waals surface area (Å²) in [5, 5.41) is 3.47. The molecule has 0 aliphatic rings. The van der Waals surface area contributed by atoms with Gasteiger partial charge in [0.25, 0.3) is 0 Å². The van der Waals surface area contributed by atoms with Crippen molar-refractivity contribution in [2.45, 2.75) is 40.7 Å². The molecule has 1 rings (SSSR count). The van der Waals surface area contributed by atoms with Gasteiger partial charge in [0, 0.05) is 6.61 Å². The van der Waals surface area contributed by atoms with E-state index in [9.17, 15) is 0 Å². The van der Waals surface area contributed by atoms with Gasteiger partial charge in [-0.25, -0.2) is 0 Å². The summed E-state index contributed by atoms with van der Waals surface area (Å²) in [4.78, 5) is 0. The van der Waals surface area contributed by atoms with Crippen LogP contribution in [0.15, 0.2) is 24.3 Å². The van der Waals surface area contributed by atoms with Crippen LogP contribution in [0.1, 0.15) is 38.8 Å². The van der Waals surface area contributed by atoms with Crippen molar-refractivity contribution in [2.24, 2.45) is 11.8 Å². The quantitative estimate of drug-likeness (QED) is 0.687. The van der Waals surface area contributed by atoms with Gasteiger partial charge in [-0.3, -0.25) is 0 Å². The second kappa shape index (κ2) is 9.11. The summed E-state index contributed by atoms with van der Waals surface area (Å²) in [5.74, 6) is 1.33. The molecule has 19 heavy (non-hydrogen) atoms. The molecule has 1 N–H and O–H groups in total. The lowest BCUT2D eigenvalue weighted by molar-refractivity contribution is 0.0971. The highest BCUT2D eigenvalue weighted by molar-refractivity contribution is 5.22. The van der Waals surface area contributed by atoms with E-state index in [1.165, 1.54) is 11.1 Å². The predicted molar refractivity (Wildman–Crippen MR) is 82.3 cm³/mol. The fourth-order valence-corrected chi connectivity index (χ4v) is 1.84. The smallest absolute Gasteiger partial charge is 0.0717 e. The SMILES string of the molecule is CC(C)CNCCc1ccc(COCC(C)C)cc1. The van der Waals surface area contributed by atoms with Crippen LogP contribution in [0.2, 0.25) is 0 Å². The fourth-order valence-electron chi connectivity index (χ4n) is 1.84. The minimum atomic E-state index is 0.603. The minimum Gasteiger partial charge on any atom is -0.377 e. The number of rotatable bonds is 9. The second-order valence-electron chi connectivity index (χ2n) is 6.07. The third-order valence-electron chi connectivity index (χ3n) is 2.89. The molecule has 0 radical (unpaired) electrons. The Morgan fingerprint density at radius 3 is 2.16 bits per heavy atom. The molecular weight excluding hydrogens is 234 g/mol. The lowest BCUT2D eigenvalue weighted by Gasteiger charge is -2.09. The molecule has 2 nitrogen and oxygen atoms in total. The monoisotopic (exact) mass is 263 g/mol. The predicted octanol–water partition coefficient (Wildman–Crippen LogP) is 3.65. The highest BCUT2D eigenvalue weighted by atomic mass is 16.5. The number of nitrogens with one attached hydrogen (secondary N) is 1. The minimum absolute atomic E-state index is 0.603. The molecule has 0 aliphatic heterocycles. The molecule has 108 valence electrons. The average molecular weight is 263 g/mol. The van der Waals surface area contributed by atoms with E-state index in [1.807, 2.05) is 0 Å². The van der Waals surface area contributed by atoms with Crippen molar-refractivity contribution in [3.8, 4) is 0 Å². The first-order valence-electron chi connectivity index (χ1n) is 7.44. The molecule has 0 heterocycles.